The quantitative estimate of drug-likeness (QED) is 0.448. The Labute approximate surface area is 196 Å². The van der Waals surface area contributed by atoms with Crippen molar-refractivity contribution in [3.63, 3.8) is 0 Å². The number of rotatable bonds is 5. The highest BCUT2D eigenvalue weighted by molar-refractivity contribution is 6.08. The molecule has 0 N–H and O–H groups in total. The van der Waals surface area contributed by atoms with Gasteiger partial charge in [0.1, 0.15) is 0 Å². The van der Waals surface area contributed by atoms with Gasteiger partial charge in [0.25, 0.3) is 0 Å². The maximum Gasteiger partial charge on any atom is 0.339 e. The normalized spacial score (nSPS) is 14.5. The summed E-state index contributed by atoms with van der Waals surface area (Å²) in [7, 11) is 3.53. The van der Waals surface area contributed by atoms with Crippen molar-refractivity contribution in [1.82, 2.24) is 4.57 Å². The van der Waals surface area contributed by atoms with Gasteiger partial charge in [-0.15, -0.1) is 0 Å². The highest BCUT2D eigenvalue weighted by atomic mass is 16.6. The second-order valence-electron chi connectivity index (χ2n) is 9.87. The fourth-order valence-corrected chi connectivity index (χ4v) is 4.94. The lowest BCUT2D eigenvalue weighted by Crippen LogP contribution is -2.32. The molecule has 1 aliphatic heterocycles. The monoisotopic (exact) mass is 446 g/mol. The van der Waals surface area contributed by atoms with E-state index in [4.69, 9.17) is 9.47 Å². The van der Waals surface area contributed by atoms with Crippen molar-refractivity contribution in [3.05, 3.63) is 59.3 Å². The number of hydrogen-bond acceptors (Lipinski definition) is 4. The number of benzene rings is 2. The Hall–Kier alpha value is -3.05. The number of carbonyl (C=O) groups excluding carboxylic acids is 1. The number of aryl methyl sites for hydroxylation is 1. The predicted molar refractivity (Wildman–Crippen MR) is 136 cm³/mol. The van der Waals surface area contributed by atoms with Crippen LogP contribution in [0.15, 0.2) is 36.9 Å². The minimum atomic E-state index is -0.849. The minimum absolute atomic E-state index is 0.394. The van der Waals surface area contributed by atoms with Gasteiger partial charge in [0.05, 0.1) is 23.9 Å². The second kappa shape index (κ2) is 8.38. The molecule has 0 spiro atoms. The van der Waals surface area contributed by atoms with E-state index in [1.54, 1.807) is 0 Å². The molecule has 174 valence electrons. The van der Waals surface area contributed by atoms with E-state index in [0.29, 0.717) is 0 Å². The fourth-order valence-electron chi connectivity index (χ4n) is 4.94. The molecule has 2 aromatic carbocycles. The van der Waals surface area contributed by atoms with Crippen LogP contribution in [0.25, 0.3) is 28.1 Å². The topological polar surface area (TPSA) is 43.7 Å². The maximum absolute atomic E-state index is 13.2. The van der Waals surface area contributed by atoms with Gasteiger partial charge in [-0.2, -0.15) is 0 Å². The van der Waals surface area contributed by atoms with Gasteiger partial charge in [0, 0.05) is 36.8 Å². The molecule has 0 bridgehead atoms. The molecule has 5 nitrogen and oxygen atoms in total. The minimum Gasteiger partial charge on any atom is -0.467 e. The molecule has 0 amide bonds. The molecule has 1 aromatic heterocycles. The molecule has 0 fully saturated rings. The lowest BCUT2D eigenvalue weighted by molar-refractivity contribution is -0.164. The van der Waals surface area contributed by atoms with Gasteiger partial charge >= 0.3 is 5.97 Å². The summed E-state index contributed by atoms with van der Waals surface area (Å²) >= 11 is 0. The number of aromatic nitrogens is 1. The Kier molecular flexibility index (Phi) is 5.87. The first-order valence-electron chi connectivity index (χ1n) is 11.4. The summed E-state index contributed by atoms with van der Waals surface area (Å²) in [4.78, 5) is 15.4. The SMILES string of the molecule is C=Cc1cc2c(-c3ccc(C)cc3)c([C@H](OC(C)(C)C)C(=O)OC)c(C)c3c2n1CCN3C. The molecule has 0 unspecified atom stereocenters. The van der Waals surface area contributed by atoms with Crippen molar-refractivity contribution < 1.29 is 14.3 Å². The van der Waals surface area contributed by atoms with Crippen molar-refractivity contribution in [2.45, 2.75) is 52.9 Å². The van der Waals surface area contributed by atoms with Crippen LogP contribution in [0.4, 0.5) is 5.69 Å². The number of esters is 1. The Morgan fingerprint density at radius 3 is 2.39 bits per heavy atom. The second-order valence-corrected chi connectivity index (χ2v) is 9.87. The van der Waals surface area contributed by atoms with E-state index in [9.17, 15) is 4.79 Å². The Morgan fingerprint density at radius 1 is 1.15 bits per heavy atom. The molecule has 0 aliphatic carbocycles. The van der Waals surface area contributed by atoms with Crippen molar-refractivity contribution in [1.29, 1.82) is 0 Å². The first-order chi connectivity index (χ1) is 15.6. The first-order valence-corrected chi connectivity index (χ1v) is 11.4. The number of likely N-dealkylation sites (N-methyl/N-ethyl adjacent to an activating group) is 1. The van der Waals surface area contributed by atoms with Crippen molar-refractivity contribution in [2.24, 2.45) is 0 Å². The lowest BCUT2D eigenvalue weighted by atomic mass is 9.87. The van der Waals surface area contributed by atoms with Crippen molar-refractivity contribution in [3.8, 4) is 11.1 Å². The Morgan fingerprint density at radius 2 is 1.82 bits per heavy atom. The zero-order chi connectivity index (χ0) is 24.1. The zero-order valence-corrected chi connectivity index (χ0v) is 20.8. The summed E-state index contributed by atoms with van der Waals surface area (Å²) in [5.41, 5.74) is 8.00. The molecular weight excluding hydrogens is 412 g/mol. The van der Waals surface area contributed by atoms with Gasteiger partial charge in [-0.3, -0.25) is 0 Å². The summed E-state index contributed by atoms with van der Waals surface area (Å²) in [5, 5.41) is 1.10. The van der Waals surface area contributed by atoms with E-state index < -0.39 is 17.7 Å². The van der Waals surface area contributed by atoms with Crippen LogP contribution in [0, 0.1) is 13.8 Å². The van der Waals surface area contributed by atoms with Gasteiger partial charge in [0.15, 0.2) is 6.10 Å². The molecule has 0 saturated heterocycles. The number of carbonyl (C=O) groups is 1. The van der Waals surface area contributed by atoms with Crippen LogP contribution in [-0.4, -0.2) is 36.8 Å². The summed E-state index contributed by atoms with van der Waals surface area (Å²) in [5.74, 6) is -0.394. The van der Waals surface area contributed by atoms with Crippen LogP contribution in [0.5, 0.6) is 0 Å². The maximum atomic E-state index is 13.2. The van der Waals surface area contributed by atoms with Gasteiger partial charge in [-0.1, -0.05) is 36.4 Å². The van der Waals surface area contributed by atoms with Crippen molar-refractivity contribution in [2.75, 3.05) is 25.6 Å². The number of methoxy groups -OCH3 is 1. The summed E-state index contributed by atoms with van der Waals surface area (Å²) in [6.07, 6.45) is 1.06. The van der Waals surface area contributed by atoms with E-state index in [0.717, 1.165) is 52.1 Å². The number of hydrogen-bond donors (Lipinski definition) is 0. The molecule has 3 aromatic rings. The van der Waals surface area contributed by atoms with Crippen LogP contribution in [0.3, 0.4) is 0 Å². The highest BCUT2D eigenvalue weighted by Gasteiger charge is 2.36. The molecule has 2 heterocycles. The average Bonchev–Trinajstić information content (AvgIpc) is 3.13. The van der Waals surface area contributed by atoms with Crippen LogP contribution in [0.1, 0.15) is 49.3 Å². The molecule has 1 aliphatic rings. The molecule has 33 heavy (non-hydrogen) atoms. The molecule has 4 rings (SSSR count). The van der Waals surface area contributed by atoms with Gasteiger partial charge in [0.2, 0.25) is 0 Å². The van der Waals surface area contributed by atoms with E-state index >= 15 is 0 Å². The lowest BCUT2D eigenvalue weighted by Gasteiger charge is -2.34. The molecular formula is C28H34N2O3. The van der Waals surface area contributed by atoms with E-state index in [2.05, 4.69) is 67.3 Å². The molecule has 1 atom stereocenters. The van der Waals surface area contributed by atoms with Gasteiger partial charge in [-0.05, 0) is 63.5 Å². The third-order valence-electron chi connectivity index (χ3n) is 6.39. The highest BCUT2D eigenvalue weighted by Crippen LogP contribution is 2.47. The van der Waals surface area contributed by atoms with E-state index in [-0.39, 0.29) is 0 Å². The van der Waals surface area contributed by atoms with Gasteiger partial charge < -0.3 is 18.9 Å². The average molecular weight is 447 g/mol. The Bertz CT molecular complexity index is 1230. The Balaban J connectivity index is 2.18. The van der Waals surface area contributed by atoms with Crippen LogP contribution < -0.4 is 4.90 Å². The summed E-state index contributed by atoms with van der Waals surface area (Å²) in [6.45, 7) is 15.9. The number of anilines is 1. The molecule has 0 radical (unpaired) electrons. The number of nitrogens with zero attached hydrogens (tertiary/aromatic N) is 2. The van der Waals surface area contributed by atoms with E-state index in [1.807, 2.05) is 26.8 Å². The van der Waals surface area contributed by atoms with Crippen LogP contribution in [-0.2, 0) is 20.8 Å². The predicted octanol–water partition coefficient (Wildman–Crippen LogP) is 6.05. The number of ether oxygens (including phenoxy) is 2. The van der Waals surface area contributed by atoms with Gasteiger partial charge in [-0.25, -0.2) is 4.79 Å². The summed E-state index contributed by atoms with van der Waals surface area (Å²) in [6, 6.07) is 10.6. The third-order valence-corrected chi connectivity index (χ3v) is 6.39. The van der Waals surface area contributed by atoms with Crippen LogP contribution >= 0.6 is 0 Å². The summed E-state index contributed by atoms with van der Waals surface area (Å²) < 4.78 is 14.0. The smallest absolute Gasteiger partial charge is 0.339 e. The largest absolute Gasteiger partial charge is 0.467 e. The van der Waals surface area contributed by atoms with Crippen LogP contribution in [0.2, 0.25) is 0 Å². The standard InChI is InChI=1S/C28H34N2O3/c1-9-20-16-21-23(19-12-10-17(2)11-13-19)22(26(27(31)32-8)33-28(4,5)6)18(3)24-25(21)30(20)15-14-29(24)7/h9-13,16,26H,1,14-15H2,2-8H3/t26-/m0/s1. The first kappa shape index (κ1) is 23.1. The van der Waals surface area contributed by atoms with Crippen molar-refractivity contribution >= 4 is 28.6 Å². The fraction of sp³-hybridized carbons (Fsp3) is 0.393. The molecule has 0 saturated carbocycles. The van der Waals surface area contributed by atoms with E-state index in [1.165, 1.54) is 18.2 Å². The third kappa shape index (κ3) is 3.95. The molecule has 5 heteroatoms. The zero-order valence-electron chi connectivity index (χ0n) is 20.8.